The zero-order chi connectivity index (χ0) is 20.5. The molecule has 0 aliphatic carbocycles. The first-order chi connectivity index (χ1) is 14.2. The molecule has 1 atom stereocenters. The van der Waals surface area contributed by atoms with Crippen LogP contribution >= 0.6 is 24.0 Å². The topological polar surface area (TPSA) is 54.2 Å². The molecule has 0 aliphatic heterocycles. The number of hydrogen-bond donors (Lipinski definition) is 2. The highest BCUT2D eigenvalue weighted by molar-refractivity contribution is 14.0. The van der Waals surface area contributed by atoms with Gasteiger partial charge in [0.2, 0.25) is 0 Å². The van der Waals surface area contributed by atoms with E-state index in [1.165, 1.54) is 16.7 Å². The standard InChI is InChI=1S/C24H31N5.HI/c1-19-8-7-11-22(16-19)20(2)17-28-24(25-3)27-13-12-23-26-14-15-29(23)18-21-9-5-4-6-10-21;/h4-11,14-16,20H,12-13,17-18H2,1-3H3,(H2,25,27,28);1H. The van der Waals surface area contributed by atoms with E-state index in [0.29, 0.717) is 5.92 Å². The van der Waals surface area contributed by atoms with Crippen LogP contribution in [0.5, 0.6) is 0 Å². The molecule has 2 aromatic carbocycles. The highest BCUT2D eigenvalue weighted by Crippen LogP contribution is 2.15. The van der Waals surface area contributed by atoms with E-state index in [-0.39, 0.29) is 24.0 Å². The van der Waals surface area contributed by atoms with Gasteiger partial charge in [-0.3, -0.25) is 4.99 Å². The average Bonchev–Trinajstić information content (AvgIpc) is 3.18. The Morgan fingerprint density at radius 1 is 1.10 bits per heavy atom. The summed E-state index contributed by atoms with van der Waals surface area (Å²) in [7, 11) is 1.81. The Hall–Kier alpha value is -2.35. The van der Waals surface area contributed by atoms with Crippen LogP contribution in [0.25, 0.3) is 0 Å². The fourth-order valence-electron chi connectivity index (χ4n) is 3.35. The zero-order valence-electron chi connectivity index (χ0n) is 18.0. The predicted molar refractivity (Wildman–Crippen MR) is 136 cm³/mol. The van der Waals surface area contributed by atoms with E-state index in [9.17, 15) is 0 Å². The Morgan fingerprint density at radius 3 is 2.63 bits per heavy atom. The van der Waals surface area contributed by atoms with Crippen molar-refractivity contribution in [2.45, 2.75) is 32.7 Å². The second kappa shape index (κ2) is 12.4. The first kappa shape index (κ1) is 23.9. The van der Waals surface area contributed by atoms with E-state index < -0.39 is 0 Å². The van der Waals surface area contributed by atoms with Gasteiger partial charge in [0.25, 0.3) is 0 Å². The second-order valence-electron chi connectivity index (χ2n) is 7.40. The zero-order valence-corrected chi connectivity index (χ0v) is 20.3. The van der Waals surface area contributed by atoms with Gasteiger partial charge in [-0.25, -0.2) is 4.98 Å². The second-order valence-corrected chi connectivity index (χ2v) is 7.40. The number of rotatable bonds is 8. The Balaban J connectivity index is 0.00000320. The van der Waals surface area contributed by atoms with Gasteiger partial charge in [-0.1, -0.05) is 67.1 Å². The minimum absolute atomic E-state index is 0. The molecule has 5 nitrogen and oxygen atoms in total. The molecule has 0 spiro atoms. The fraction of sp³-hybridized carbons (Fsp3) is 0.333. The molecule has 2 N–H and O–H groups in total. The van der Waals surface area contributed by atoms with Crippen molar-refractivity contribution in [3.63, 3.8) is 0 Å². The van der Waals surface area contributed by atoms with Gasteiger partial charge < -0.3 is 15.2 Å². The third kappa shape index (κ3) is 7.16. The minimum Gasteiger partial charge on any atom is -0.356 e. The lowest BCUT2D eigenvalue weighted by molar-refractivity contribution is 0.677. The molecule has 0 bridgehead atoms. The van der Waals surface area contributed by atoms with Crippen molar-refractivity contribution >= 4 is 29.9 Å². The van der Waals surface area contributed by atoms with Crippen molar-refractivity contribution in [3.05, 3.63) is 89.5 Å². The van der Waals surface area contributed by atoms with Crippen molar-refractivity contribution < 1.29 is 0 Å². The maximum atomic E-state index is 4.52. The van der Waals surface area contributed by atoms with Crippen molar-refractivity contribution in [1.82, 2.24) is 20.2 Å². The van der Waals surface area contributed by atoms with Gasteiger partial charge in [0.15, 0.2) is 5.96 Å². The van der Waals surface area contributed by atoms with Crippen LogP contribution in [-0.2, 0) is 13.0 Å². The largest absolute Gasteiger partial charge is 0.356 e. The molecule has 3 rings (SSSR count). The van der Waals surface area contributed by atoms with Gasteiger partial charge in [-0.2, -0.15) is 0 Å². The van der Waals surface area contributed by atoms with Gasteiger partial charge in [0.05, 0.1) is 0 Å². The van der Waals surface area contributed by atoms with E-state index in [2.05, 4.69) is 87.6 Å². The number of aromatic nitrogens is 2. The van der Waals surface area contributed by atoms with Gasteiger partial charge in [0, 0.05) is 45.5 Å². The van der Waals surface area contributed by atoms with Gasteiger partial charge in [-0.15, -0.1) is 24.0 Å². The number of guanidine groups is 1. The van der Waals surface area contributed by atoms with E-state index in [1.54, 1.807) is 0 Å². The smallest absolute Gasteiger partial charge is 0.191 e. The molecule has 0 aliphatic rings. The number of nitrogens with one attached hydrogen (secondary N) is 2. The van der Waals surface area contributed by atoms with Crippen LogP contribution in [0.2, 0.25) is 0 Å². The molecule has 0 amide bonds. The molecule has 0 radical (unpaired) electrons. The monoisotopic (exact) mass is 517 g/mol. The molecule has 160 valence electrons. The summed E-state index contributed by atoms with van der Waals surface area (Å²) in [5, 5.41) is 6.84. The molecule has 30 heavy (non-hydrogen) atoms. The highest BCUT2D eigenvalue weighted by atomic mass is 127. The summed E-state index contributed by atoms with van der Waals surface area (Å²) in [6, 6.07) is 19.1. The predicted octanol–water partition coefficient (Wildman–Crippen LogP) is 4.37. The molecule has 3 aromatic rings. The number of hydrogen-bond acceptors (Lipinski definition) is 2. The van der Waals surface area contributed by atoms with Crippen molar-refractivity contribution in [2.75, 3.05) is 20.1 Å². The van der Waals surface area contributed by atoms with Crippen LogP contribution < -0.4 is 10.6 Å². The Labute approximate surface area is 197 Å². The Kier molecular flexibility index (Phi) is 9.86. The number of nitrogens with zero attached hydrogens (tertiary/aromatic N) is 3. The summed E-state index contributed by atoms with van der Waals surface area (Å²) < 4.78 is 2.20. The lowest BCUT2D eigenvalue weighted by Gasteiger charge is -2.17. The lowest BCUT2D eigenvalue weighted by atomic mass is 9.99. The van der Waals surface area contributed by atoms with Crippen LogP contribution in [0.3, 0.4) is 0 Å². The number of aliphatic imine (C=N–C) groups is 1. The molecular weight excluding hydrogens is 485 g/mol. The summed E-state index contributed by atoms with van der Waals surface area (Å²) in [4.78, 5) is 8.87. The normalized spacial score (nSPS) is 12.2. The minimum atomic E-state index is 0. The Bertz CT molecular complexity index is 920. The average molecular weight is 517 g/mol. The summed E-state index contributed by atoms with van der Waals surface area (Å²) in [6.07, 6.45) is 4.75. The first-order valence-electron chi connectivity index (χ1n) is 10.2. The van der Waals surface area contributed by atoms with Crippen molar-refractivity contribution in [3.8, 4) is 0 Å². The third-order valence-corrected chi connectivity index (χ3v) is 5.05. The maximum Gasteiger partial charge on any atom is 0.191 e. The van der Waals surface area contributed by atoms with Gasteiger partial charge in [0.1, 0.15) is 5.82 Å². The summed E-state index contributed by atoms with van der Waals surface area (Å²) >= 11 is 0. The van der Waals surface area contributed by atoms with E-state index >= 15 is 0 Å². The van der Waals surface area contributed by atoms with Crippen molar-refractivity contribution in [2.24, 2.45) is 4.99 Å². The van der Waals surface area contributed by atoms with Crippen LogP contribution in [-0.4, -0.2) is 35.6 Å². The summed E-state index contributed by atoms with van der Waals surface area (Å²) in [6.45, 7) is 6.83. The molecule has 1 heterocycles. The Morgan fingerprint density at radius 2 is 1.90 bits per heavy atom. The van der Waals surface area contributed by atoms with Crippen LogP contribution in [0.4, 0.5) is 0 Å². The SMILES string of the molecule is CN=C(NCCc1nccn1Cc1ccccc1)NCC(C)c1cccc(C)c1.I. The van der Waals surface area contributed by atoms with Crippen LogP contribution in [0, 0.1) is 6.92 Å². The van der Waals surface area contributed by atoms with Crippen LogP contribution in [0.15, 0.2) is 72.0 Å². The summed E-state index contributed by atoms with van der Waals surface area (Å²) in [5.41, 5.74) is 3.92. The highest BCUT2D eigenvalue weighted by Gasteiger charge is 2.08. The van der Waals surface area contributed by atoms with E-state index in [4.69, 9.17) is 0 Å². The molecule has 1 unspecified atom stereocenters. The molecule has 6 heteroatoms. The lowest BCUT2D eigenvalue weighted by Crippen LogP contribution is -2.40. The third-order valence-electron chi connectivity index (χ3n) is 5.05. The van der Waals surface area contributed by atoms with Crippen molar-refractivity contribution in [1.29, 1.82) is 0 Å². The number of benzene rings is 2. The molecular formula is C24H32IN5. The fourth-order valence-corrected chi connectivity index (χ4v) is 3.35. The van der Waals surface area contributed by atoms with Gasteiger partial charge >= 0.3 is 0 Å². The van der Waals surface area contributed by atoms with Crippen LogP contribution in [0.1, 0.15) is 35.4 Å². The number of aryl methyl sites for hydroxylation is 1. The molecule has 0 saturated heterocycles. The number of halogens is 1. The maximum absolute atomic E-state index is 4.52. The quantitative estimate of drug-likeness (QED) is 0.265. The molecule has 0 saturated carbocycles. The number of imidazole rings is 1. The van der Waals surface area contributed by atoms with E-state index in [0.717, 1.165) is 37.8 Å². The molecule has 0 fully saturated rings. The van der Waals surface area contributed by atoms with Gasteiger partial charge in [-0.05, 0) is 24.0 Å². The van der Waals surface area contributed by atoms with E-state index in [1.807, 2.05) is 25.5 Å². The first-order valence-corrected chi connectivity index (χ1v) is 10.2. The summed E-state index contributed by atoms with van der Waals surface area (Å²) in [5.74, 6) is 2.31. The molecule has 1 aromatic heterocycles.